The van der Waals surface area contributed by atoms with Crippen LogP contribution in [0.4, 0.5) is 0 Å². The van der Waals surface area contributed by atoms with E-state index in [1.807, 2.05) is 29.2 Å². The highest BCUT2D eigenvalue weighted by atomic mass is 16.2. The molecule has 101 valence electrons. The maximum absolute atomic E-state index is 12.7. The molecule has 0 saturated carbocycles. The Hall–Kier alpha value is -2.23. The van der Waals surface area contributed by atoms with Gasteiger partial charge in [0, 0.05) is 30.4 Å². The molecule has 1 radical (unpaired) electrons. The summed E-state index contributed by atoms with van der Waals surface area (Å²) in [7, 11) is 0. The molecule has 3 rings (SSSR count). The summed E-state index contributed by atoms with van der Waals surface area (Å²) in [6.45, 7) is 1.70. The predicted molar refractivity (Wildman–Crippen MR) is 76.1 cm³/mol. The Bertz CT molecular complexity index is 592. The van der Waals surface area contributed by atoms with Crippen molar-refractivity contribution in [3.05, 3.63) is 48.4 Å². The Morgan fingerprint density at radius 3 is 2.65 bits per heavy atom. The van der Waals surface area contributed by atoms with Crippen LogP contribution in [0, 0.1) is 6.33 Å². The number of piperidine rings is 1. The van der Waals surface area contributed by atoms with Crippen molar-refractivity contribution in [1.29, 1.82) is 0 Å². The molecule has 0 bridgehead atoms. The van der Waals surface area contributed by atoms with Gasteiger partial charge in [-0.3, -0.25) is 4.79 Å². The van der Waals surface area contributed by atoms with Crippen LogP contribution in [0.15, 0.2) is 36.5 Å². The number of aromatic nitrogens is 2. The molecule has 2 aromatic rings. The number of hydrogen-bond donors (Lipinski definition) is 0. The van der Waals surface area contributed by atoms with Crippen molar-refractivity contribution in [3.8, 4) is 11.3 Å². The molecule has 1 saturated heterocycles. The highest BCUT2D eigenvalue weighted by Gasteiger charge is 2.21. The van der Waals surface area contributed by atoms with E-state index in [4.69, 9.17) is 0 Å². The molecule has 0 spiro atoms. The van der Waals surface area contributed by atoms with Crippen LogP contribution in [0.5, 0.6) is 0 Å². The standard InChI is InChI=1S/C16H16N3O/c20-16(19-10-4-1-5-11-19)14-7-3-2-6-13(14)15-8-9-17-12-18-15/h2-3,6-9H,1,4-5,10-11H2. The highest BCUT2D eigenvalue weighted by molar-refractivity contribution is 6.00. The van der Waals surface area contributed by atoms with E-state index in [-0.39, 0.29) is 5.91 Å². The number of likely N-dealkylation sites (tertiary alicyclic amines) is 1. The quantitative estimate of drug-likeness (QED) is 0.839. The van der Waals surface area contributed by atoms with Gasteiger partial charge in [-0.05, 0) is 31.4 Å². The van der Waals surface area contributed by atoms with Crippen LogP contribution in [0.1, 0.15) is 29.6 Å². The van der Waals surface area contributed by atoms with Crippen molar-refractivity contribution >= 4 is 5.91 Å². The van der Waals surface area contributed by atoms with Crippen molar-refractivity contribution < 1.29 is 4.79 Å². The molecule has 1 aliphatic heterocycles. The minimum Gasteiger partial charge on any atom is -0.339 e. The average molecular weight is 266 g/mol. The third-order valence-corrected chi connectivity index (χ3v) is 3.61. The summed E-state index contributed by atoms with van der Waals surface area (Å²) in [5, 5.41) is 0. The van der Waals surface area contributed by atoms with Gasteiger partial charge in [0.2, 0.25) is 0 Å². The van der Waals surface area contributed by atoms with Crippen molar-refractivity contribution in [1.82, 2.24) is 14.9 Å². The lowest BCUT2D eigenvalue weighted by Crippen LogP contribution is -2.35. The molecule has 20 heavy (non-hydrogen) atoms. The van der Waals surface area contributed by atoms with Gasteiger partial charge < -0.3 is 4.90 Å². The Morgan fingerprint density at radius 2 is 1.90 bits per heavy atom. The largest absolute Gasteiger partial charge is 0.339 e. The van der Waals surface area contributed by atoms with Gasteiger partial charge in [-0.1, -0.05) is 18.2 Å². The Kier molecular flexibility index (Phi) is 3.72. The first-order valence-corrected chi connectivity index (χ1v) is 6.94. The zero-order valence-corrected chi connectivity index (χ0v) is 11.2. The fraction of sp³-hybridized carbons (Fsp3) is 0.312. The van der Waals surface area contributed by atoms with E-state index in [9.17, 15) is 4.79 Å². The Morgan fingerprint density at radius 1 is 1.10 bits per heavy atom. The van der Waals surface area contributed by atoms with Gasteiger partial charge in [0.05, 0.1) is 5.69 Å². The van der Waals surface area contributed by atoms with E-state index >= 15 is 0 Å². The molecule has 4 nitrogen and oxygen atoms in total. The smallest absolute Gasteiger partial charge is 0.254 e. The molecule has 1 fully saturated rings. The summed E-state index contributed by atoms with van der Waals surface area (Å²) < 4.78 is 0. The summed E-state index contributed by atoms with van der Waals surface area (Å²) in [5.41, 5.74) is 2.30. The van der Waals surface area contributed by atoms with Crippen molar-refractivity contribution in [2.75, 3.05) is 13.1 Å². The van der Waals surface area contributed by atoms with Crippen LogP contribution in [0.2, 0.25) is 0 Å². The third-order valence-electron chi connectivity index (χ3n) is 3.61. The SMILES string of the molecule is O=C(c1ccccc1-c1ccn[c]n1)N1CCCCC1. The molecule has 2 heterocycles. The van der Waals surface area contributed by atoms with Crippen LogP contribution < -0.4 is 0 Å². The van der Waals surface area contributed by atoms with Gasteiger partial charge in [0.25, 0.3) is 5.91 Å². The monoisotopic (exact) mass is 266 g/mol. The number of hydrogen-bond acceptors (Lipinski definition) is 3. The normalized spacial score (nSPS) is 15.1. The third kappa shape index (κ3) is 2.54. The highest BCUT2D eigenvalue weighted by Crippen LogP contribution is 2.23. The van der Waals surface area contributed by atoms with Crippen molar-refractivity contribution in [2.24, 2.45) is 0 Å². The number of carbonyl (C=O) groups is 1. The minimum absolute atomic E-state index is 0.0962. The number of benzene rings is 1. The molecule has 4 heteroatoms. The first-order valence-electron chi connectivity index (χ1n) is 6.94. The average Bonchev–Trinajstić information content (AvgIpc) is 2.56. The lowest BCUT2D eigenvalue weighted by atomic mass is 10.0. The van der Waals surface area contributed by atoms with E-state index in [0.29, 0.717) is 5.56 Å². The molecule has 0 aliphatic carbocycles. The van der Waals surface area contributed by atoms with E-state index in [1.54, 1.807) is 12.3 Å². The Balaban J connectivity index is 1.95. The van der Waals surface area contributed by atoms with E-state index in [2.05, 4.69) is 16.3 Å². The molecular weight excluding hydrogens is 250 g/mol. The predicted octanol–water partition coefficient (Wildman–Crippen LogP) is 2.57. The van der Waals surface area contributed by atoms with E-state index in [0.717, 1.165) is 37.2 Å². The molecule has 0 N–H and O–H groups in total. The molecule has 1 amide bonds. The summed E-state index contributed by atoms with van der Waals surface area (Å²) in [5.74, 6) is 0.0962. The summed E-state index contributed by atoms with van der Waals surface area (Å²) in [6, 6.07) is 9.41. The van der Waals surface area contributed by atoms with E-state index in [1.165, 1.54) is 6.42 Å². The number of nitrogens with zero attached hydrogens (tertiary/aromatic N) is 3. The number of carbonyl (C=O) groups excluding carboxylic acids is 1. The number of amides is 1. The summed E-state index contributed by atoms with van der Waals surface area (Å²) in [4.78, 5) is 22.5. The second-order valence-electron chi connectivity index (χ2n) is 4.94. The summed E-state index contributed by atoms with van der Waals surface area (Å²) in [6.07, 6.45) is 7.62. The molecule has 1 aliphatic rings. The molecule has 0 unspecified atom stereocenters. The number of rotatable bonds is 2. The maximum atomic E-state index is 12.7. The lowest BCUT2D eigenvalue weighted by Gasteiger charge is -2.27. The molecular formula is C16H16N3O. The van der Waals surface area contributed by atoms with Gasteiger partial charge in [-0.15, -0.1) is 0 Å². The van der Waals surface area contributed by atoms with E-state index < -0.39 is 0 Å². The zero-order chi connectivity index (χ0) is 13.8. The fourth-order valence-electron chi connectivity index (χ4n) is 2.57. The second-order valence-corrected chi connectivity index (χ2v) is 4.94. The fourth-order valence-corrected chi connectivity index (χ4v) is 2.57. The van der Waals surface area contributed by atoms with Crippen molar-refractivity contribution in [2.45, 2.75) is 19.3 Å². The summed E-state index contributed by atoms with van der Waals surface area (Å²) >= 11 is 0. The first-order chi connectivity index (χ1) is 9.86. The van der Waals surface area contributed by atoms with Crippen molar-refractivity contribution in [3.63, 3.8) is 0 Å². The van der Waals surface area contributed by atoms with Crippen LogP contribution in [0.3, 0.4) is 0 Å². The molecule has 1 aromatic carbocycles. The van der Waals surface area contributed by atoms with Crippen LogP contribution in [-0.2, 0) is 0 Å². The molecule has 1 aromatic heterocycles. The molecule has 0 atom stereocenters. The van der Waals surface area contributed by atoms with Gasteiger partial charge in [-0.2, -0.15) is 0 Å². The first kappa shape index (κ1) is 12.8. The second kappa shape index (κ2) is 5.82. The van der Waals surface area contributed by atoms with Gasteiger partial charge in [0.15, 0.2) is 6.33 Å². The van der Waals surface area contributed by atoms with Gasteiger partial charge in [-0.25, -0.2) is 9.97 Å². The van der Waals surface area contributed by atoms with Crippen LogP contribution in [0.25, 0.3) is 11.3 Å². The maximum Gasteiger partial charge on any atom is 0.254 e. The van der Waals surface area contributed by atoms with Crippen LogP contribution in [-0.4, -0.2) is 33.9 Å². The Labute approximate surface area is 118 Å². The minimum atomic E-state index is 0.0962. The lowest BCUT2D eigenvalue weighted by molar-refractivity contribution is 0.0725. The van der Waals surface area contributed by atoms with Gasteiger partial charge in [0.1, 0.15) is 0 Å². The zero-order valence-electron chi connectivity index (χ0n) is 11.2. The van der Waals surface area contributed by atoms with Gasteiger partial charge >= 0.3 is 0 Å². The van der Waals surface area contributed by atoms with Crippen LogP contribution >= 0.6 is 0 Å². The topological polar surface area (TPSA) is 46.1 Å².